The number of carbonyl (C=O) groups is 2. The Morgan fingerprint density at radius 1 is 1.22 bits per heavy atom. The minimum absolute atomic E-state index is 0.0495. The number of carbonyl (C=O) groups excluding carboxylic acids is 2. The van der Waals surface area contributed by atoms with Crippen LogP contribution in [0.3, 0.4) is 0 Å². The molecule has 1 aromatic carbocycles. The first-order valence-electron chi connectivity index (χ1n) is 7.57. The third kappa shape index (κ3) is 4.97. The van der Waals surface area contributed by atoms with E-state index >= 15 is 0 Å². The third-order valence-corrected chi connectivity index (χ3v) is 3.80. The number of nitrogens with one attached hydrogen (secondary N) is 1. The molecule has 4 nitrogen and oxygen atoms in total. The summed E-state index contributed by atoms with van der Waals surface area (Å²) < 4.78 is 38.6. The number of rotatable bonds is 5. The number of likely N-dealkylation sites (tertiary alicyclic amines) is 1. The van der Waals surface area contributed by atoms with Crippen molar-refractivity contribution in [3.8, 4) is 0 Å². The number of piperidine rings is 1. The first-order chi connectivity index (χ1) is 10.9. The van der Waals surface area contributed by atoms with E-state index in [4.69, 9.17) is 0 Å². The molecular weight excluding hydrogens is 309 g/mol. The van der Waals surface area contributed by atoms with Crippen molar-refractivity contribution in [3.05, 3.63) is 35.4 Å². The molecule has 0 saturated carbocycles. The van der Waals surface area contributed by atoms with Gasteiger partial charge in [0.05, 0.1) is 12.0 Å². The third-order valence-electron chi connectivity index (χ3n) is 3.80. The van der Waals surface area contributed by atoms with Crippen LogP contribution in [0, 0.1) is 0 Å². The summed E-state index contributed by atoms with van der Waals surface area (Å²) in [7, 11) is 0. The summed E-state index contributed by atoms with van der Waals surface area (Å²) in [5.41, 5.74) is -0.840. The Balaban J connectivity index is 1.85. The minimum atomic E-state index is -4.48. The highest BCUT2D eigenvalue weighted by molar-refractivity contribution is 5.79. The minimum Gasteiger partial charge on any atom is -0.354 e. The molecule has 126 valence electrons. The van der Waals surface area contributed by atoms with Crippen LogP contribution in [-0.4, -0.2) is 36.3 Å². The highest BCUT2D eigenvalue weighted by atomic mass is 19.4. The van der Waals surface area contributed by atoms with Crippen molar-refractivity contribution < 1.29 is 22.8 Å². The summed E-state index contributed by atoms with van der Waals surface area (Å²) in [5.74, 6) is -0.418. The van der Waals surface area contributed by atoms with Crippen molar-refractivity contribution >= 4 is 11.8 Å². The molecule has 0 bridgehead atoms. The van der Waals surface area contributed by atoms with Crippen molar-refractivity contribution in [2.24, 2.45) is 0 Å². The lowest BCUT2D eigenvalue weighted by molar-refractivity contribution is -0.138. The summed E-state index contributed by atoms with van der Waals surface area (Å²) in [6.07, 6.45) is -2.46. The maximum atomic E-state index is 12.9. The monoisotopic (exact) mass is 328 g/mol. The lowest BCUT2D eigenvalue weighted by Crippen LogP contribution is -2.41. The first-order valence-corrected chi connectivity index (χ1v) is 7.57. The number of halogens is 3. The smallest absolute Gasteiger partial charge is 0.354 e. The second-order valence-corrected chi connectivity index (χ2v) is 5.52. The van der Waals surface area contributed by atoms with Crippen molar-refractivity contribution in [2.45, 2.75) is 31.9 Å². The predicted molar refractivity (Wildman–Crippen MR) is 78.6 cm³/mol. The Bertz CT molecular complexity index is 573. The van der Waals surface area contributed by atoms with E-state index in [1.165, 1.54) is 18.2 Å². The molecule has 0 aliphatic carbocycles. The second kappa shape index (κ2) is 7.48. The molecule has 0 radical (unpaired) electrons. The van der Waals surface area contributed by atoms with Crippen molar-refractivity contribution in [1.82, 2.24) is 10.2 Å². The number of hydrogen-bond donors (Lipinski definition) is 1. The standard InChI is InChI=1S/C16H19F3N2O2/c17-16(18,19)13-6-2-1-5-12(13)11-14(22)20-8-10-21-9-4-3-7-15(21)23/h1-2,5-6H,3-4,7-11H2,(H,20,22). The summed E-state index contributed by atoms with van der Waals surface area (Å²) in [6.45, 7) is 1.32. The van der Waals surface area contributed by atoms with Gasteiger partial charge in [0.15, 0.2) is 0 Å². The SMILES string of the molecule is O=C(Cc1ccccc1C(F)(F)F)NCCN1CCCCC1=O. The van der Waals surface area contributed by atoms with E-state index in [-0.39, 0.29) is 24.4 Å². The molecule has 1 aliphatic heterocycles. The average Bonchev–Trinajstić information content (AvgIpc) is 2.49. The van der Waals surface area contributed by atoms with Gasteiger partial charge in [-0.3, -0.25) is 9.59 Å². The second-order valence-electron chi connectivity index (χ2n) is 5.52. The highest BCUT2D eigenvalue weighted by Gasteiger charge is 2.33. The summed E-state index contributed by atoms with van der Waals surface area (Å²) in [6, 6.07) is 5.04. The molecule has 1 heterocycles. The van der Waals surface area contributed by atoms with Gasteiger partial charge in [-0.2, -0.15) is 13.2 Å². The molecule has 0 spiro atoms. The van der Waals surface area contributed by atoms with Gasteiger partial charge >= 0.3 is 6.18 Å². The Morgan fingerprint density at radius 2 is 1.96 bits per heavy atom. The molecule has 1 aromatic rings. The molecule has 1 fully saturated rings. The Morgan fingerprint density at radius 3 is 2.65 bits per heavy atom. The van der Waals surface area contributed by atoms with Gasteiger partial charge in [0, 0.05) is 26.1 Å². The average molecular weight is 328 g/mol. The normalized spacial score (nSPS) is 15.6. The van der Waals surface area contributed by atoms with E-state index in [9.17, 15) is 22.8 Å². The zero-order chi connectivity index (χ0) is 16.9. The first kappa shape index (κ1) is 17.3. The maximum Gasteiger partial charge on any atom is 0.416 e. The molecular formula is C16H19F3N2O2. The number of amides is 2. The van der Waals surface area contributed by atoms with Gasteiger partial charge < -0.3 is 10.2 Å². The fraction of sp³-hybridized carbons (Fsp3) is 0.500. The van der Waals surface area contributed by atoms with Crippen LogP contribution in [0.25, 0.3) is 0 Å². The van der Waals surface area contributed by atoms with Gasteiger partial charge in [-0.1, -0.05) is 18.2 Å². The molecule has 1 aliphatic rings. The molecule has 2 amide bonds. The van der Waals surface area contributed by atoms with Crippen molar-refractivity contribution in [2.75, 3.05) is 19.6 Å². The van der Waals surface area contributed by atoms with Crippen LogP contribution in [-0.2, 0) is 22.2 Å². The fourth-order valence-corrected chi connectivity index (χ4v) is 2.61. The van der Waals surface area contributed by atoms with Gasteiger partial charge in [0.1, 0.15) is 0 Å². The van der Waals surface area contributed by atoms with Gasteiger partial charge in [-0.05, 0) is 24.5 Å². The van der Waals surface area contributed by atoms with Crippen molar-refractivity contribution in [1.29, 1.82) is 0 Å². The lowest BCUT2D eigenvalue weighted by Gasteiger charge is -2.26. The summed E-state index contributed by atoms with van der Waals surface area (Å²) in [5, 5.41) is 2.58. The largest absolute Gasteiger partial charge is 0.416 e. The number of hydrogen-bond acceptors (Lipinski definition) is 2. The van der Waals surface area contributed by atoms with E-state index in [1.807, 2.05) is 0 Å². The van der Waals surface area contributed by atoms with E-state index in [0.717, 1.165) is 18.9 Å². The molecule has 2 rings (SSSR count). The van der Waals surface area contributed by atoms with Gasteiger partial charge in [0.25, 0.3) is 0 Å². The topological polar surface area (TPSA) is 49.4 Å². The molecule has 0 aromatic heterocycles. The van der Waals surface area contributed by atoms with Gasteiger partial charge in [-0.15, -0.1) is 0 Å². The summed E-state index contributed by atoms with van der Waals surface area (Å²) in [4.78, 5) is 25.1. The van der Waals surface area contributed by atoms with Crippen molar-refractivity contribution in [3.63, 3.8) is 0 Å². The van der Waals surface area contributed by atoms with E-state index in [0.29, 0.717) is 19.5 Å². The zero-order valence-corrected chi connectivity index (χ0v) is 12.7. The van der Waals surface area contributed by atoms with E-state index < -0.39 is 17.6 Å². The maximum absolute atomic E-state index is 12.9. The molecule has 0 atom stereocenters. The zero-order valence-electron chi connectivity index (χ0n) is 12.7. The molecule has 1 saturated heterocycles. The Hall–Kier alpha value is -2.05. The molecule has 7 heteroatoms. The van der Waals surface area contributed by atoms with Crippen LogP contribution < -0.4 is 5.32 Å². The number of alkyl halides is 3. The van der Waals surface area contributed by atoms with Gasteiger partial charge in [0.2, 0.25) is 11.8 Å². The Kier molecular flexibility index (Phi) is 5.63. The van der Waals surface area contributed by atoms with Crippen LogP contribution in [0.15, 0.2) is 24.3 Å². The number of benzene rings is 1. The van der Waals surface area contributed by atoms with Gasteiger partial charge in [-0.25, -0.2) is 0 Å². The lowest BCUT2D eigenvalue weighted by atomic mass is 10.0. The van der Waals surface area contributed by atoms with E-state index in [2.05, 4.69) is 5.32 Å². The van der Waals surface area contributed by atoms with Crippen LogP contribution >= 0.6 is 0 Å². The van der Waals surface area contributed by atoms with E-state index in [1.54, 1.807) is 4.90 Å². The Labute approximate surface area is 132 Å². The highest BCUT2D eigenvalue weighted by Crippen LogP contribution is 2.31. The quantitative estimate of drug-likeness (QED) is 0.902. The molecule has 1 N–H and O–H groups in total. The molecule has 23 heavy (non-hydrogen) atoms. The van der Waals surface area contributed by atoms with Crippen LogP contribution in [0.5, 0.6) is 0 Å². The van der Waals surface area contributed by atoms with Crippen LogP contribution in [0.4, 0.5) is 13.2 Å². The number of nitrogens with zero attached hydrogens (tertiary/aromatic N) is 1. The van der Waals surface area contributed by atoms with Crippen LogP contribution in [0.2, 0.25) is 0 Å². The summed E-state index contributed by atoms with van der Waals surface area (Å²) >= 11 is 0. The van der Waals surface area contributed by atoms with Crippen LogP contribution in [0.1, 0.15) is 30.4 Å². The molecule has 0 unspecified atom stereocenters. The predicted octanol–water partition coefficient (Wildman–Crippen LogP) is 2.38. The fourth-order valence-electron chi connectivity index (χ4n) is 2.61.